The van der Waals surface area contributed by atoms with Gasteiger partial charge in [-0.1, -0.05) is 23.2 Å². The molecule has 1 aromatic carbocycles. The summed E-state index contributed by atoms with van der Waals surface area (Å²) in [7, 11) is -3.69. The highest BCUT2D eigenvalue weighted by atomic mass is 35.5. The van der Waals surface area contributed by atoms with E-state index in [1.165, 1.54) is 18.2 Å². The van der Waals surface area contributed by atoms with Crippen molar-refractivity contribution in [2.24, 2.45) is 0 Å². The van der Waals surface area contributed by atoms with Crippen molar-refractivity contribution < 1.29 is 12.6 Å². The van der Waals surface area contributed by atoms with Gasteiger partial charge >= 0.3 is 0 Å². The summed E-state index contributed by atoms with van der Waals surface area (Å²) in [5, 5.41) is 0.495. The van der Waals surface area contributed by atoms with Crippen LogP contribution in [0.3, 0.4) is 0 Å². The summed E-state index contributed by atoms with van der Waals surface area (Å²) in [6.07, 6.45) is 0. The molecule has 0 saturated carbocycles. The van der Waals surface area contributed by atoms with Crippen LogP contribution in [0.4, 0.5) is 0 Å². The molecule has 0 amide bonds. The topological polar surface area (TPSA) is 43.4 Å². The van der Waals surface area contributed by atoms with Crippen LogP contribution < -0.4 is 0 Å². The smallest absolute Gasteiger partial charge is 0.267 e. The highest BCUT2D eigenvalue weighted by molar-refractivity contribution is 7.86. The molecule has 0 aliphatic heterocycles. The molecule has 6 heteroatoms. The molecular weight excluding hydrogens is 247 g/mol. The largest absolute Gasteiger partial charge is 0.297 e. The molecule has 78 valence electrons. The van der Waals surface area contributed by atoms with Crippen molar-refractivity contribution in [3.8, 4) is 0 Å². The Morgan fingerprint density at radius 1 is 1.29 bits per heavy atom. The van der Waals surface area contributed by atoms with Crippen molar-refractivity contribution in [2.75, 3.05) is 6.61 Å². The normalized spacial score (nSPS) is 11.6. The Bertz CT molecular complexity index is 428. The molecule has 0 aliphatic carbocycles. The molecule has 0 aromatic heterocycles. The Morgan fingerprint density at radius 2 is 1.93 bits per heavy atom. The van der Waals surface area contributed by atoms with Gasteiger partial charge in [0.05, 0.1) is 21.5 Å². The van der Waals surface area contributed by atoms with Crippen molar-refractivity contribution in [2.45, 2.75) is 11.8 Å². The Hall–Kier alpha value is -0.290. The molecule has 1 rings (SSSR count). The summed E-state index contributed by atoms with van der Waals surface area (Å²) in [4.78, 5) is 0.00810. The lowest BCUT2D eigenvalue weighted by molar-refractivity contribution is 0.338. The number of benzene rings is 1. The van der Waals surface area contributed by atoms with E-state index in [1.807, 2.05) is 0 Å². The third kappa shape index (κ3) is 2.60. The average molecular weight is 255 g/mol. The molecule has 0 atom stereocenters. The fraction of sp³-hybridized carbons (Fsp3) is 0.250. The van der Waals surface area contributed by atoms with E-state index in [4.69, 9.17) is 23.2 Å². The number of rotatable bonds is 3. The summed E-state index contributed by atoms with van der Waals surface area (Å²) in [5.41, 5.74) is 0. The van der Waals surface area contributed by atoms with Crippen LogP contribution in [0, 0.1) is 0 Å². The van der Waals surface area contributed by atoms with E-state index in [1.54, 1.807) is 6.92 Å². The lowest BCUT2D eigenvalue weighted by Gasteiger charge is -2.03. The first-order chi connectivity index (χ1) is 6.47. The van der Waals surface area contributed by atoms with Crippen LogP contribution in [-0.4, -0.2) is 15.0 Å². The second-order valence-corrected chi connectivity index (χ2v) is 4.87. The van der Waals surface area contributed by atoms with Crippen molar-refractivity contribution in [3.05, 3.63) is 28.2 Å². The van der Waals surface area contributed by atoms with Gasteiger partial charge in [0.25, 0.3) is 10.1 Å². The van der Waals surface area contributed by atoms with Gasteiger partial charge in [0.15, 0.2) is 0 Å². The SMILES string of the molecule is CCOS(=O)(=O)c1ccc(Cl)c(Cl)c1. The number of halogens is 2. The van der Waals surface area contributed by atoms with E-state index in [0.29, 0.717) is 5.02 Å². The van der Waals surface area contributed by atoms with E-state index in [-0.39, 0.29) is 16.5 Å². The van der Waals surface area contributed by atoms with Crippen LogP contribution in [0.15, 0.2) is 23.1 Å². The maximum absolute atomic E-state index is 11.4. The summed E-state index contributed by atoms with van der Waals surface area (Å²) in [5.74, 6) is 0. The molecule has 1 aromatic rings. The van der Waals surface area contributed by atoms with Crippen molar-refractivity contribution in [1.82, 2.24) is 0 Å². The molecular formula is C8H8Cl2O3S. The zero-order valence-electron chi connectivity index (χ0n) is 7.33. The molecule has 0 fully saturated rings. The van der Waals surface area contributed by atoms with Crippen LogP contribution in [-0.2, 0) is 14.3 Å². The molecule has 0 spiro atoms. The predicted octanol–water partition coefficient (Wildman–Crippen LogP) is 2.72. The highest BCUT2D eigenvalue weighted by Gasteiger charge is 2.15. The maximum atomic E-state index is 11.4. The predicted molar refractivity (Wildman–Crippen MR) is 55.3 cm³/mol. The first kappa shape index (κ1) is 11.8. The molecule has 0 N–H and O–H groups in total. The van der Waals surface area contributed by atoms with Gasteiger partial charge in [-0.15, -0.1) is 0 Å². The van der Waals surface area contributed by atoms with Gasteiger partial charge in [-0.05, 0) is 25.1 Å². The third-order valence-electron chi connectivity index (χ3n) is 1.45. The summed E-state index contributed by atoms with van der Waals surface area (Å²) < 4.78 is 27.3. The molecule has 0 radical (unpaired) electrons. The molecule has 0 unspecified atom stereocenters. The Balaban J connectivity index is 3.15. The second-order valence-electron chi connectivity index (χ2n) is 2.44. The van der Waals surface area contributed by atoms with Crippen molar-refractivity contribution >= 4 is 33.3 Å². The lowest BCUT2D eigenvalue weighted by Crippen LogP contribution is -2.05. The first-order valence-electron chi connectivity index (χ1n) is 3.82. The maximum Gasteiger partial charge on any atom is 0.297 e. The zero-order chi connectivity index (χ0) is 10.8. The second kappa shape index (κ2) is 4.49. The number of hydrogen-bond donors (Lipinski definition) is 0. The van der Waals surface area contributed by atoms with Gasteiger partial charge in [0.1, 0.15) is 0 Å². The Morgan fingerprint density at radius 3 is 2.43 bits per heavy atom. The lowest BCUT2D eigenvalue weighted by atomic mass is 10.4. The van der Waals surface area contributed by atoms with Gasteiger partial charge in [0, 0.05) is 0 Å². The van der Waals surface area contributed by atoms with Gasteiger partial charge < -0.3 is 0 Å². The Labute approximate surface area is 92.7 Å². The third-order valence-corrected chi connectivity index (χ3v) is 3.57. The van der Waals surface area contributed by atoms with Gasteiger partial charge in [-0.2, -0.15) is 8.42 Å². The quantitative estimate of drug-likeness (QED) is 0.780. The van der Waals surface area contributed by atoms with Crippen LogP contribution in [0.5, 0.6) is 0 Å². The van der Waals surface area contributed by atoms with Crippen molar-refractivity contribution in [3.63, 3.8) is 0 Å². The van der Waals surface area contributed by atoms with Gasteiger partial charge in [-0.3, -0.25) is 4.18 Å². The summed E-state index contributed by atoms with van der Waals surface area (Å²) in [6, 6.07) is 4.02. The minimum absolute atomic E-state index is 0.00810. The molecule has 14 heavy (non-hydrogen) atoms. The first-order valence-corrected chi connectivity index (χ1v) is 5.98. The molecule has 0 aliphatic rings. The van der Waals surface area contributed by atoms with E-state index in [0.717, 1.165) is 0 Å². The van der Waals surface area contributed by atoms with Crippen LogP contribution in [0.1, 0.15) is 6.92 Å². The minimum atomic E-state index is -3.69. The molecule has 3 nitrogen and oxygen atoms in total. The Kier molecular flexibility index (Phi) is 3.78. The van der Waals surface area contributed by atoms with Gasteiger partial charge in [-0.25, -0.2) is 0 Å². The van der Waals surface area contributed by atoms with E-state index >= 15 is 0 Å². The summed E-state index contributed by atoms with van der Waals surface area (Å²) in [6.45, 7) is 1.68. The van der Waals surface area contributed by atoms with E-state index < -0.39 is 10.1 Å². The van der Waals surface area contributed by atoms with Crippen LogP contribution in [0.2, 0.25) is 10.0 Å². The van der Waals surface area contributed by atoms with E-state index in [9.17, 15) is 8.42 Å². The van der Waals surface area contributed by atoms with Gasteiger partial charge in [0.2, 0.25) is 0 Å². The molecule has 0 saturated heterocycles. The molecule has 0 bridgehead atoms. The van der Waals surface area contributed by atoms with Crippen LogP contribution >= 0.6 is 23.2 Å². The summed E-state index contributed by atoms with van der Waals surface area (Å²) >= 11 is 11.3. The molecule has 0 heterocycles. The highest BCUT2D eigenvalue weighted by Crippen LogP contribution is 2.25. The standard InChI is InChI=1S/C8H8Cl2O3S/c1-2-13-14(11,12)6-3-4-7(9)8(10)5-6/h3-5H,2H2,1H3. The minimum Gasteiger partial charge on any atom is -0.267 e. The van der Waals surface area contributed by atoms with Crippen LogP contribution in [0.25, 0.3) is 0 Å². The number of hydrogen-bond acceptors (Lipinski definition) is 3. The fourth-order valence-electron chi connectivity index (χ4n) is 0.856. The fourth-order valence-corrected chi connectivity index (χ4v) is 2.16. The monoisotopic (exact) mass is 254 g/mol. The van der Waals surface area contributed by atoms with Crippen molar-refractivity contribution in [1.29, 1.82) is 0 Å². The average Bonchev–Trinajstić information content (AvgIpc) is 2.09. The van der Waals surface area contributed by atoms with E-state index in [2.05, 4.69) is 4.18 Å². The zero-order valence-corrected chi connectivity index (χ0v) is 9.66.